The van der Waals surface area contributed by atoms with Gasteiger partial charge < -0.3 is 14.8 Å². The summed E-state index contributed by atoms with van der Waals surface area (Å²) in [7, 11) is 1.77. The average molecular weight is 231 g/mol. The standard InChI is InChI=1S/C11H21NO2S/c1-13-6-2-3-10-11(4-8-15-9-11)14-7-5-12-10/h10,12H,2-9H2,1H3. The second-order valence-corrected chi connectivity index (χ2v) is 5.46. The molecule has 2 fully saturated rings. The molecule has 0 radical (unpaired) electrons. The highest BCUT2D eigenvalue weighted by molar-refractivity contribution is 7.99. The number of hydrogen-bond donors (Lipinski definition) is 1. The van der Waals surface area contributed by atoms with Gasteiger partial charge in [0, 0.05) is 32.1 Å². The maximum atomic E-state index is 6.05. The number of rotatable bonds is 4. The van der Waals surface area contributed by atoms with E-state index in [9.17, 15) is 0 Å². The molecule has 88 valence electrons. The molecule has 2 rings (SSSR count). The Kier molecular flexibility index (Phi) is 4.31. The normalized spacial score (nSPS) is 36.2. The number of hydrogen-bond acceptors (Lipinski definition) is 4. The van der Waals surface area contributed by atoms with Gasteiger partial charge in [0.15, 0.2) is 0 Å². The van der Waals surface area contributed by atoms with Crippen LogP contribution in [0.3, 0.4) is 0 Å². The summed E-state index contributed by atoms with van der Waals surface area (Å²) in [6, 6.07) is 0.538. The van der Waals surface area contributed by atoms with E-state index in [0.29, 0.717) is 6.04 Å². The highest BCUT2D eigenvalue weighted by Gasteiger charge is 2.44. The summed E-state index contributed by atoms with van der Waals surface area (Å²) in [5.41, 5.74) is 0.136. The Balaban J connectivity index is 1.88. The first kappa shape index (κ1) is 11.7. The molecule has 1 spiro atoms. The van der Waals surface area contributed by atoms with Gasteiger partial charge >= 0.3 is 0 Å². The largest absolute Gasteiger partial charge is 0.385 e. The van der Waals surface area contributed by atoms with E-state index >= 15 is 0 Å². The van der Waals surface area contributed by atoms with Crippen LogP contribution in [0.2, 0.25) is 0 Å². The van der Waals surface area contributed by atoms with Gasteiger partial charge in [-0.3, -0.25) is 0 Å². The summed E-state index contributed by atoms with van der Waals surface area (Å²) in [6.07, 6.45) is 3.51. The van der Waals surface area contributed by atoms with E-state index in [0.717, 1.165) is 31.9 Å². The number of morpholine rings is 1. The van der Waals surface area contributed by atoms with E-state index in [4.69, 9.17) is 9.47 Å². The van der Waals surface area contributed by atoms with Gasteiger partial charge in [0.2, 0.25) is 0 Å². The molecule has 0 aromatic rings. The third-order valence-corrected chi connectivity index (χ3v) is 4.56. The van der Waals surface area contributed by atoms with Gasteiger partial charge in [-0.25, -0.2) is 0 Å². The molecule has 4 heteroatoms. The van der Waals surface area contributed by atoms with Gasteiger partial charge in [0.1, 0.15) is 0 Å². The second kappa shape index (κ2) is 5.53. The van der Waals surface area contributed by atoms with Crippen LogP contribution in [0.25, 0.3) is 0 Å². The van der Waals surface area contributed by atoms with Crippen LogP contribution in [0.15, 0.2) is 0 Å². The summed E-state index contributed by atoms with van der Waals surface area (Å²) in [4.78, 5) is 0. The molecule has 2 heterocycles. The molecular formula is C11H21NO2S. The number of ether oxygens (including phenoxy) is 2. The maximum Gasteiger partial charge on any atom is 0.0932 e. The van der Waals surface area contributed by atoms with Gasteiger partial charge in [-0.05, 0) is 25.0 Å². The van der Waals surface area contributed by atoms with Crippen molar-refractivity contribution < 1.29 is 9.47 Å². The molecule has 2 unspecified atom stereocenters. The highest BCUT2D eigenvalue weighted by atomic mass is 32.2. The van der Waals surface area contributed by atoms with Crippen molar-refractivity contribution in [1.29, 1.82) is 0 Å². The third kappa shape index (κ3) is 2.67. The molecule has 1 N–H and O–H groups in total. The topological polar surface area (TPSA) is 30.5 Å². The number of thioether (sulfide) groups is 1. The molecule has 2 aliphatic heterocycles. The fourth-order valence-electron chi connectivity index (χ4n) is 2.52. The van der Waals surface area contributed by atoms with E-state index in [-0.39, 0.29) is 5.60 Å². The first-order valence-electron chi connectivity index (χ1n) is 5.81. The molecular weight excluding hydrogens is 210 g/mol. The van der Waals surface area contributed by atoms with E-state index in [1.807, 2.05) is 11.8 Å². The van der Waals surface area contributed by atoms with Crippen LogP contribution in [-0.2, 0) is 9.47 Å². The summed E-state index contributed by atoms with van der Waals surface area (Å²) in [6.45, 7) is 2.74. The number of methoxy groups -OCH3 is 1. The quantitative estimate of drug-likeness (QED) is 0.738. The smallest absolute Gasteiger partial charge is 0.0932 e. The fourth-order valence-corrected chi connectivity index (χ4v) is 3.93. The van der Waals surface area contributed by atoms with Crippen LogP contribution < -0.4 is 5.32 Å². The predicted molar refractivity (Wildman–Crippen MR) is 63.5 cm³/mol. The Morgan fingerprint density at radius 3 is 3.27 bits per heavy atom. The van der Waals surface area contributed by atoms with Crippen molar-refractivity contribution in [2.45, 2.75) is 30.9 Å². The molecule has 2 aliphatic rings. The Morgan fingerprint density at radius 1 is 1.60 bits per heavy atom. The van der Waals surface area contributed by atoms with Crippen LogP contribution in [0.5, 0.6) is 0 Å². The lowest BCUT2D eigenvalue weighted by Gasteiger charge is -2.41. The van der Waals surface area contributed by atoms with Crippen molar-refractivity contribution in [3.8, 4) is 0 Å². The van der Waals surface area contributed by atoms with Gasteiger partial charge in [0.05, 0.1) is 12.2 Å². The zero-order valence-corrected chi connectivity index (χ0v) is 10.3. The van der Waals surface area contributed by atoms with Crippen LogP contribution in [-0.4, -0.2) is 50.0 Å². The minimum absolute atomic E-state index is 0.136. The van der Waals surface area contributed by atoms with E-state index < -0.39 is 0 Å². The molecule has 0 saturated carbocycles. The first-order valence-corrected chi connectivity index (χ1v) is 6.97. The Bertz CT molecular complexity index is 195. The SMILES string of the molecule is COCCCC1NCCOC12CCSC2. The summed E-state index contributed by atoms with van der Waals surface area (Å²) in [5.74, 6) is 2.42. The Labute approximate surface area is 96.3 Å². The van der Waals surface area contributed by atoms with E-state index in [2.05, 4.69) is 5.32 Å². The van der Waals surface area contributed by atoms with Gasteiger partial charge in [-0.2, -0.15) is 11.8 Å². The minimum atomic E-state index is 0.136. The summed E-state index contributed by atoms with van der Waals surface area (Å²) < 4.78 is 11.2. The van der Waals surface area contributed by atoms with Crippen LogP contribution in [0.4, 0.5) is 0 Å². The van der Waals surface area contributed by atoms with Crippen molar-refractivity contribution in [3.05, 3.63) is 0 Å². The van der Waals surface area contributed by atoms with Crippen molar-refractivity contribution in [3.63, 3.8) is 0 Å². The van der Waals surface area contributed by atoms with Crippen molar-refractivity contribution in [2.75, 3.05) is 38.4 Å². The molecule has 0 aromatic carbocycles. The first-order chi connectivity index (χ1) is 7.37. The third-order valence-electron chi connectivity index (χ3n) is 3.37. The van der Waals surface area contributed by atoms with Gasteiger partial charge in [-0.15, -0.1) is 0 Å². The van der Waals surface area contributed by atoms with Crippen LogP contribution in [0.1, 0.15) is 19.3 Å². The number of nitrogens with one attached hydrogen (secondary N) is 1. The summed E-state index contributed by atoms with van der Waals surface area (Å²) in [5, 5.41) is 3.62. The van der Waals surface area contributed by atoms with E-state index in [1.54, 1.807) is 7.11 Å². The predicted octanol–water partition coefficient (Wildman–Crippen LogP) is 1.28. The second-order valence-electron chi connectivity index (χ2n) is 4.36. The minimum Gasteiger partial charge on any atom is -0.385 e. The van der Waals surface area contributed by atoms with Crippen LogP contribution >= 0.6 is 11.8 Å². The Morgan fingerprint density at radius 2 is 2.53 bits per heavy atom. The zero-order valence-electron chi connectivity index (χ0n) is 9.46. The molecule has 0 aliphatic carbocycles. The van der Waals surface area contributed by atoms with Crippen LogP contribution in [0, 0.1) is 0 Å². The molecule has 15 heavy (non-hydrogen) atoms. The van der Waals surface area contributed by atoms with Crippen molar-refractivity contribution >= 4 is 11.8 Å². The van der Waals surface area contributed by atoms with Crippen molar-refractivity contribution in [1.82, 2.24) is 5.32 Å². The monoisotopic (exact) mass is 231 g/mol. The lowest BCUT2D eigenvalue weighted by atomic mass is 9.88. The Hall–Kier alpha value is 0.230. The van der Waals surface area contributed by atoms with E-state index in [1.165, 1.54) is 18.6 Å². The maximum absolute atomic E-state index is 6.05. The highest BCUT2D eigenvalue weighted by Crippen LogP contribution is 2.37. The molecule has 0 aromatic heterocycles. The molecule has 3 nitrogen and oxygen atoms in total. The van der Waals surface area contributed by atoms with Gasteiger partial charge in [0.25, 0.3) is 0 Å². The average Bonchev–Trinajstić information content (AvgIpc) is 2.71. The zero-order chi connectivity index (χ0) is 10.6. The summed E-state index contributed by atoms with van der Waals surface area (Å²) >= 11 is 2.03. The molecule has 2 saturated heterocycles. The lowest BCUT2D eigenvalue weighted by Crippen LogP contribution is -2.58. The lowest BCUT2D eigenvalue weighted by molar-refractivity contribution is -0.0811. The fraction of sp³-hybridized carbons (Fsp3) is 1.00. The van der Waals surface area contributed by atoms with Gasteiger partial charge in [-0.1, -0.05) is 0 Å². The molecule has 0 bridgehead atoms. The molecule has 2 atom stereocenters. The van der Waals surface area contributed by atoms with Crippen molar-refractivity contribution in [2.24, 2.45) is 0 Å². The molecule has 0 amide bonds.